The van der Waals surface area contributed by atoms with Gasteiger partial charge in [0.15, 0.2) is 11.5 Å². The Morgan fingerprint density at radius 1 is 1.15 bits per heavy atom. The molecule has 6 nitrogen and oxygen atoms in total. The molecule has 0 saturated heterocycles. The molecule has 6 heteroatoms. The van der Waals surface area contributed by atoms with E-state index in [1.54, 1.807) is 6.07 Å². The van der Waals surface area contributed by atoms with E-state index in [1.807, 2.05) is 30.3 Å². The fourth-order valence-electron chi connectivity index (χ4n) is 1.87. The summed E-state index contributed by atoms with van der Waals surface area (Å²) in [6.07, 6.45) is 1.49. The molecule has 1 aliphatic heterocycles. The maximum absolute atomic E-state index is 11.2. The van der Waals surface area contributed by atoms with E-state index < -0.39 is 0 Å². The van der Waals surface area contributed by atoms with Gasteiger partial charge in [0.25, 0.3) is 4.92 Å². The molecule has 0 aromatic heterocycles. The average molecular weight is 271 g/mol. The van der Waals surface area contributed by atoms with E-state index in [-0.39, 0.29) is 17.4 Å². The minimum absolute atomic E-state index is 0.0499. The van der Waals surface area contributed by atoms with Crippen LogP contribution >= 0.6 is 0 Å². The van der Waals surface area contributed by atoms with Crippen LogP contribution in [-0.2, 0) is 0 Å². The molecule has 20 heavy (non-hydrogen) atoms. The summed E-state index contributed by atoms with van der Waals surface area (Å²) < 4.78 is 10.4. The molecule has 100 valence electrons. The summed E-state index contributed by atoms with van der Waals surface area (Å²) in [5.41, 5.74) is 1.23. The van der Waals surface area contributed by atoms with E-state index >= 15 is 0 Å². The van der Waals surface area contributed by atoms with Crippen LogP contribution in [0.2, 0.25) is 0 Å². The van der Waals surface area contributed by atoms with Crippen LogP contribution in [0, 0.1) is 4.91 Å². The summed E-state index contributed by atoms with van der Waals surface area (Å²) in [6, 6.07) is 12.3. The highest BCUT2D eigenvalue weighted by Crippen LogP contribution is 2.37. The SMILES string of the molecule is O=[N+](O)c1cc2c(cc1/C=N/c1ccccc1)OCO2. The second-order valence-corrected chi connectivity index (χ2v) is 4.13. The Morgan fingerprint density at radius 2 is 1.85 bits per heavy atom. The third-order valence-corrected chi connectivity index (χ3v) is 2.84. The Bertz CT molecular complexity index is 683. The van der Waals surface area contributed by atoms with E-state index in [1.165, 1.54) is 12.3 Å². The largest absolute Gasteiger partial charge is 0.454 e. The minimum Gasteiger partial charge on any atom is -0.454 e. The highest BCUT2D eigenvalue weighted by molar-refractivity contribution is 5.88. The number of rotatable bonds is 3. The molecule has 0 amide bonds. The molecule has 1 aliphatic rings. The molecule has 0 aliphatic carbocycles. The van der Waals surface area contributed by atoms with Gasteiger partial charge in [0.2, 0.25) is 6.79 Å². The van der Waals surface area contributed by atoms with Gasteiger partial charge in [-0.05, 0) is 12.1 Å². The third kappa shape index (κ3) is 2.31. The number of hydrogen-bond donors (Lipinski definition) is 1. The molecule has 3 rings (SSSR count). The number of hydrogen-bond acceptors (Lipinski definition) is 4. The van der Waals surface area contributed by atoms with Crippen molar-refractivity contribution in [3.63, 3.8) is 0 Å². The van der Waals surface area contributed by atoms with Crippen LogP contribution in [0.1, 0.15) is 5.56 Å². The van der Waals surface area contributed by atoms with E-state index in [4.69, 9.17) is 14.7 Å². The standard InChI is InChI=1S/C14H11N2O4/c17-16(18)12-7-14-13(19-9-20-14)6-10(12)8-15-11-4-2-1-3-5-11/h1-8H,9H2,(H,17,18)/q+1/b15-8+. The Morgan fingerprint density at radius 3 is 2.55 bits per heavy atom. The molecular formula is C14H11N2O4+. The predicted molar refractivity (Wildman–Crippen MR) is 71.3 cm³/mol. The Labute approximate surface area is 114 Å². The lowest BCUT2D eigenvalue weighted by Gasteiger charge is -1.98. The summed E-state index contributed by atoms with van der Waals surface area (Å²) in [6.45, 7) is 0.0956. The van der Waals surface area contributed by atoms with Crippen LogP contribution in [0.5, 0.6) is 11.5 Å². The highest BCUT2D eigenvalue weighted by atomic mass is 16.7. The normalized spacial score (nSPS) is 12.8. The van der Waals surface area contributed by atoms with Crippen molar-refractivity contribution in [1.29, 1.82) is 0 Å². The number of aliphatic imine (C=N–C) groups is 1. The molecule has 0 unspecified atom stereocenters. The summed E-state index contributed by atoms with van der Waals surface area (Å²) in [5.74, 6) is 0.942. The summed E-state index contributed by atoms with van der Waals surface area (Å²) in [4.78, 5) is 15.2. The van der Waals surface area contributed by atoms with Gasteiger partial charge in [0.1, 0.15) is 0 Å². The molecule has 1 heterocycles. The van der Waals surface area contributed by atoms with Gasteiger partial charge in [-0.3, -0.25) is 4.99 Å². The molecule has 2 aromatic rings. The lowest BCUT2D eigenvalue weighted by Crippen LogP contribution is -1.97. The van der Waals surface area contributed by atoms with Crippen molar-refractivity contribution < 1.29 is 19.6 Å². The monoisotopic (exact) mass is 271 g/mol. The van der Waals surface area contributed by atoms with Gasteiger partial charge in [-0.15, -0.1) is 0 Å². The number of nitrogens with zero attached hydrogens (tertiary/aromatic N) is 2. The molecule has 0 radical (unpaired) electrons. The number of ether oxygens (including phenoxy) is 2. The van der Waals surface area contributed by atoms with E-state index in [9.17, 15) is 4.91 Å². The zero-order valence-corrected chi connectivity index (χ0v) is 10.4. The predicted octanol–water partition coefficient (Wildman–Crippen LogP) is 2.97. The van der Waals surface area contributed by atoms with Gasteiger partial charge in [0, 0.05) is 12.3 Å². The van der Waals surface area contributed by atoms with E-state index in [0.29, 0.717) is 17.1 Å². The number of fused-ring (bicyclic) bond motifs is 1. The summed E-state index contributed by atoms with van der Waals surface area (Å²) in [5, 5.41) is 9.15. The quantitative estimate of drug-likeness (QED) is 0.688. The summed E-state index contributed by atoms with van der Waals surface area (Å²) in [7, 11) is 0. The molecule has 1 N–H and O–H groups in total. The maximum atomic E-state index is 11.2. The second kappa shape index (κ2) is 5.00. The first-order chi connectivity index (χ1) is 9.74. The van der Waals surface area contributed by atoms with Gasteiger partial charge in [-0.1, -0.05) is 18.2 Å². The number of benzene rings is 2. The van der Waals surface area contributed by atoms with Crippen molar-refractivity contribution in [2.24, 2.45) is 4.99 Å². The Kier molecular flexibility index (Phi) is 3.04. The molecule has 0 saturated carbocycles. The molecule has 0 fully saturated rings. The first kappa shape index (κ1) is 12.2. The summed E-state index contributed by atoms with van der Waals surface area (Å²) >= 11 is 0. The molecular weight excluding hydrogens is 260 g/mol. The smallest absolute Gasteiger partial charge is 0.329 e. The highest BCUT2D eigenvalue weighted by Gasteiger charge is 2.25. The minimum atomic E-state index is -0.214. The molecule has 0 bridgehead atoms. The van der Waals surface area contributed by atoms with Gasteiger partial charge >= 0.3 is 5.69 Å². The van der Waals surface area contributed by atoms with Gasteiger partial charge in [-0.2, -0.15) is 0 Å². The van der Waals surface area contributed by atoms with Crippen molar-refractivity contribution in [2.75, 3.05) is 6.79 Å². The van der Waals surface area contributed by atoms with Crippen molar-refractivity contribution in [2.45, 2.75) is 0 Å². The van der Waals surface area contributed by atoms with Crippen molar-refractivity contribution in [1.82, 2.24) is 0 Å². The molecule has 0 atom stereocenters. The van der Waals surface area contributed by atoms with Crippen LogP contribution in [0.25, 0.3) is 0 Å². The first-order valence-corrected chi connectivity index (χ1v) is 5.93. The van der Waals surface area contributed by atoms with Crippen LogP contribution in [0.3, 0.4) is 0 Å². The molecule has 2 aromatic carbocycles. The Balaban J connectivity index is 2.00. The van der Waals surface area contributed by atoms with Crippen LogP contribution in [0.15, 0.2) is 47.5 Å². The molecule has 0 spiro atoms. The maximum Gasteiger partial charge on any atom is 0.329 e. The van der Waals surface area contributed by atoms with E-state index in [2.05, 4.69) is 4.99 Å². The third-order valence-electron chi connectivity index (χ3n) is 2.84. The van der Waals surface area contributed by atoms with Crippen LogP contribution < -0.4 is 9.47 Å². The zero-order valence-electron chi connectivity index (χ0n) is 10.4. The fourth-order valence-corrected chi connectivity index (χ4v) is 1.87. The lowest BCUT2D eigenvalue weighted by molar-refractivity contribution is -0.729. The van der Waals surface area contributed by atoms with Crippen LogP contribution in [-0.4, -0.2) is 23.1 Å². The zero-order chi connectivity index (χ0) is 13.9. The number of para-hydroxylation sites is 1. The Hall–Kier alpha value is -2.89. The first-order valence-electron chi connectivity index (χ1n) is 5.93. The topological polar surface area (TPSA) is 71.1 Å². The second-order valence-electron chi connectivity index (χ2n) is 4.13. The van der Waals surface area contributed by atoms with Crippen molar-refractivity contribution in [3.8, 4) is 11.5 Å². The average Bonchev–Trinajstić information content (AvgIpc) is 2.92. The van der Waals surface area contributed by atoms with Gasteiger partial charge in [0.05, 0.1) is 22.2 Å². The fraction of sp³-hybridized carbons (Fsp3) is 0.0714. The van der Waals surface area contributed by atoms with Crippen molar-refractivity contribution >= 4 is 17.6 Å². The van der Waals surface area contributed by atoms with Gasteiger partial charge < -0.3 is 9.47 Å². The van der Waals surface area contributed by atoms with Crippen LogP contribution in [0.4, 0.5) is 11.4 Å². The van der Waals surface area contributed by atoms with Crippen molar-refractivity contribution in [3.05, 3.63) is 52.9 Å². The lowest BCUT2D eigenvalue weighted by atomic mass is 10.1. The van der Waals surface area contributed by atoms with E-state index in [0.717, 1.165) is 5.69 Å². The van der Waals surface area contributed by atoms with Gasteiger partial charge in [-0.25, -0.2) is 5.21 Å².